The van der Waals surface area contributed by atoms with Crippen molar-refractivity contribution in [2.45, 2.75) is 45.1 Å². The molecule has 0 aliphatic rings. The van der Waals surface area contributed by atoms with E-state index in [1.165, 1.54) is 6.92 Å². The van der Waals surface area contributed by atoms with Crippen LogP contribution < -0.4 is 11.5 Å². The maximum atomic E-state index is 11.2. The van der Waals surface area contributed by atoms with E-state index in [1.807, 2.05) is 0 Å². The van der Waals surface area contributed by atoms with Gasteiger partial charge in [0.1, 0.15) is 6.04 Å². The standard InChI is InChI=1S/C8H18N2O3/c1-4-8(3,10)13-7(12)6(9)5(2)11/h5-6,11H,4,9-10H2,1-3H3/t5-,6+,8?/m1/s1. The molecule has 0 aliphatic heterocycles. The molecule has 0 aromatic heterocycles. The van der Waals surface area contributed by atoms with Gasteiger partial charge in [0.05, 0.1) is 6.10 Å². The Morgan fingerprint density at radius 3 is 2.46 bits per heavy atom. The first-order valence-electron chi connectivity index (χ1n) is 4.25. The summed E-state index contributed by atoms with van der Waals surface area (Å²) in [7, 11) is 0. The van der Waals surface area contributed by atoms with Crippen LogP contribution in [0.1, 0.15) is 27.2 Å². The molecule has 3 atom stereocenters. The number of ether oxygens (including phenoxy) is 1. The van der Waals surface area contributed by atoms with Crippen LogP contribution in [0.4, 0.5) is 0 Å². The molecule has 78 valence electrons. The Bertz CT molecular complexity index is 180. The van der Waals surface area contributed by atoms with Gasteiger partial charge in [-0.2, -0.15) is 0 Å². The van der Waals surface area contributed by atoms with Crippen LogP contribution in [0.2, 0.25) is 0 Å². The zero-order valence-corrected chi connectivity index (χ0v) is 8.28. The SMILES string of the molecule is CCC(C)(N)OC(=O)[C@@H](N)[C@@H](C)O. The van der Waals surface area contributed by atoms with Crippen molar-refractivity contribution in [3.8, 4) is 0 Å². The number of hydrogen-bond donors (Lipinski definition) is 3. The molecule has 0 fully saturated rings. The van der Waals surface area contributed by atoms with Crippen molar-refractivity contribution >= 4 is 5.97 Å². The number of carbonyl (C=O) groups excluding carboxylic acids is 1. The molecule has 0 spiro atoms. The van der Waals surface area contributed by atoms with Crippen LogP contribution in [-0.4, -0.2) is 28.9 Å². The highest BCUT2D eigenvalue weighted by atomic mass is 16.6. The summed E-state index contributed by atoms with van der Waals surface area (Å²) in [5.74, 6) is -0.679. The van der Waals surface area contributed by atoms with Gasteiger partial charge in [-0.05, 0) is 20.3 Å². The van der Waals surface area contributed by atoms with Gasteiger partial charge in [0.15, 0.2) is 5.72 Å². The van der Waals surface area contributed by atoms with Crippen LogP contribution in [0.5, 0.6) is 0 Å². The fraction of sp³-hybridized carbons (Fsp3) is 0.875. The summed E-state index contributed by atoms with van der Waals surface area (Å²) in [5, 5.41) is 8.99. The van der Waals surface area contributed by atoms with Crippen LogP contribution in [0.25, 0.3) is 0 Å². The highest BCUT2D eigenvalue weighted by Crippen LogP contribution is 2.08. The topological polar surface area (TPSA) is 98.6 Å². The predicted molar refractivity (Wildman–Crippen MR) is 48.6 cm³/mol. The summed E-state index contributed by atoms with van der Waals surface area (Å²) < 4.78 is 4.86. The second kappa shape index (κ2) is 4.55. The first-order chi connectivity index (χ1) is 5.80. The van der Waals surface area contributed by atoms with Crippen molar-refractivity contribution in [2.75, 3.05) is 0 Å². The van der Waals surface area contributed by atoms with Crippen LogP contribution in [0.3, 0.4) is 0 Å². The molecule has 13 heavy (non-hydrogen) atoms. The average molecular weight is 190 g/mol. The van der Waals surface area contributed by atoms with E-state index in [-0.39, 0.29) is 0 Å². The lowest BCUT2D eigenvalue weighted by atomic mass is 10.2. The Morgan fingerprint density at radius 1 is 1.69 bits per heavy atom. The maximum Gasteiger partial charge on any atom is 0.327 e. The second-order valence-electron chi connectivity index (χ2n) is 3.35. The van der Waals surface area contributed by atoms with E-state index in [2.05, 4.69) is 0 Å². The van der Waals surface area contributed by atoms with Gasteiger partial charge in [0.2, 0.25) is 0 Å². The Kier molecular flexibility index (Phi) is 4.32. The Labute approximate surface area is 78.0 Å². The molecule has 1 unspecified atom stereocenters. The number of nitrogens with two attached hydrogens (primary N) is 2. The Morgan fingerprint density at radius 2 is 2.15 bits per heavy atom. The summed E-state index contributed by atoms with van der Waals surface area (Å²) in [6.07, 6.45) is -0.439. The number of aliphatic hydroxyl groups is 1. The minimum absolute atomic E-state index is 0.491. The molecule has 0 saturated heterocycles. The van der Waals surface area contributed by atoms with E-state index in [1.54, 1.807) is 13.8 Å². The zero-order valence-electron chi connectivity index (χ0n) is 8.28. The van der Waals surface area contributed by atoms with E-state index in [4.69, 9.17) is 21.3 Å². The lowest BCUT2D eigenvalue weighted by molar-refractivity contribution is -0.162. The molecule has 5 nitrogen and oxygen atoms in total. The van der Waals surface area contributed by atoms with Crippen molar-refractivity contribution in [1.82, 2.24) is 0 Å². The van der Waals surface area contributed by atoms with E-state index in [0.717, 1.165) is 0 Å². The van der Waals surface area contributed by atoms with Crippen molar-refractivity contribution < 1.29 is 14.6 Å². The smallest absolute Gasteiger partial charge is 0.327 e. The minimum Gasteiger partial charge on any atom is -0.443 e. The molecule has 0 heterocycles. The molecule has 0 radical (unpaired) electrons. The largest absolute Gasteiger partial charge is 0.443 e. The molecular weight excluding hydrogens is 172 g/mol. The molecule has 0 aliphatic carbocycles. The van der Waals surface area contributed by atoms with E-state index in [9.17, 15) is 4.79 Å². The average Bonchev–Trinajstić information content (AvgIpc) is 2.02. The number of esters is 1. The molecule has 0 amide bonds. The van der Waals surface area contributed by atoms with E-state index < -0.39 is 23.8 Å². The first-order valence-corrected chi connectivity index (χ1v) is 4.25. The van der Waals surface area contributed by atoms with Gasteiger partial charge in [-0.25, -0.2) is 0 Å². The van der Waals surface area contributed by atoms with Crippen LogP contribution in [-0.2, 0) is 9.53 Å². The number of aliphatic hydroxyl groups excluding tert-OH is 1. The Hall–Kier alpha value is -0.650. The number of hydrogen-bond acceptors (Lipinski definition) is 5. The zero-order chi connectivity index (χ0) is 10.6. The van der Waals surface area contributed by atoms with Gasteiger partial charge in [0, 0.05) is 0 Å². The quantitative estimate of drug-likeness (QED) is 0.403. The van der Waals surface area contributed by atoms with Crippen LogP contribution >= 0.6 is 0 Å². The molecule has 0 aromatic carbocycles. The van der Waals surface area contributed by atoms with Crippen LogP contribution in [0, 0.1) is 0 Å². The second-order valence-corrected chi connectivity index (χ2v) is 3.35. The summed E-state index contributed by atoms with van der Waals surface area (Å²) in [6, 6.07) is -1.03. The third-order valence-corrected chi connectivity index (χ3v) is 1.83. The summed E-state index contributed by atoms with van der Waals surface area (Å²) in [6.45, 7) is 4.80. The van der Waals surface area contributed by atoms with Gasteiger partial charge in [-0.1, -0.05) is 6.92 Å². The molecule has 0 rings (SSSR count). The van der Waals surface area contributed by atoms with E-state index in [0.29, 0.717) is 6.42 Å². The molecule has 5 heteroatoms. The Balaban J connectivity index is 4.15. The van der Waals surface area contributed by atoms with Gasteiger partial charge in [-0.3, -0.25) is 10.5 Å². The van der Waals surface area contributed by atoms with Crippen molar-refractivity contribution in [1.29, 1.82) is 0 Å². The van der Waals surface area contributed by atoms with Gasteiger partial charge in [0.25, 0.3) is 0 Å². The van der Waals surface area contributed by atoms with Crippen molar-refractivity contribution in [2.24, 2.45) is 11.5 Å². The number of carbonyl (C=O) groups is 1. The highest BCUT2D eigenvalue weighted by molar-refractivity contribution is 5.76. The lowest BCUT2D eigenvalue weighted by Crippen LogP contribution is -2.48. The van der Waals surface area contributed by atoms with Gasteiger partial charge in [-0.15, -0.1) is 0 Å². The predicted octanol–water partition coefficient (Wildman–Crippen LogP) is -0.677. The molecule has 0 bridgehead atoms. The summed E-state index contributed by atoms with van der Waals surface area (Å²) >= 11 is 0. The maximum absolute atomic E-state index is 11.2. The monoisotopic (exact) mass is 190 g/mol. The van der Waals surface area contributed by atoms with Crippen LogP contribution in [0.15, 0.2) is 0 Å². The number of rotatable bonds is 4. The molecular formula is C8H18N2O3. The summed E-state index contributed by atoms with van der Waals surface area (Å²) in [5.41, 5.74) is 9.91. The normalized spacial score (nSPS) is 20.2. The molecule has 0 aromatic rings. The van der Waals surface area contributed by atoms with Gasteiger partial charge >= 0.3 is 5.97 Å². The summed E-state index contributed by atoms with van der Waals surface area (Å²) in [4.78, 5) is 11.2. The highest BCUT2D eigenvalue weighted by Gasteiger charge is 2.27. The molecule has 0 saturated carbocycles. The van der Waals surface area contributed by atoms with E-state index >= 15 is 0 Å². The van der Waals surface area contributed by atoms with Crippen molar-refractivity contribution in [3.63, 3.8) is 0 Å². The van der Waals surface area contributed by atoms with Crippen molar-refractivity contribution in [3.05, 3.63) is 0 Å². The molecule has 5 N–H and O–H groups in total. The van der Waals surface area contributed by atoms with Gasteiger partial charge < -0.3 is 15.6 Å². The first kappa shape index (κ1) is 12.3. The third-order valence-electron chi connectivity index (χ3n) is 1.83. The fourth-order valence-electron chi connectivity index (χ4n) is 0.567. The third kappa shape index (κ3) is 4.21. The fourth-order valence-corrected chi connectivity index (χ4v) is 0.567. The lowest BCUT2D eigenvalue weighted by Gasteiger charge is -2.25. The minimum atomic E-state index is -1.03.